The number of rotatable bonds is 12. The number of amides is 1. The Hall–Kier alpha value is -5.66. The lowest BCUT2D eigenvalue weighted by Gasteiger charge is -2.37. The van der Waals surface area contributed by atoms with Crippen molar-refractivity contribution in [2.24, 2.45) is 22.6 Å². The number of aliphatic imine (C=N–C) groups is 1. The van der Waals surface area contributed by atoms with Crippen LogP contribution < -0.4 is 5.73 Å². The Labute approximate surface area is 349 Å². The Morgan fingerprint density at radius 3 is 1.95 bits per heavy atom. The molecule has 1 amide bonds. The van der Waals surface area contributed by atoms with E-state index in [9.17, 15) is 33.1 Å². The fraction of sp³-hybridized carbons (Fsp3) is 0.404. The van der Waals surface area contributed by atoms with Gasteiger partial charge in [0.2, 0.25) is 5.91 Å². The van der Waals surface area contributed by atoms with Crippen LogP contribution in [0.15, 0.2) is 96.2 Å². The number of carboxylic acid groups (broad SMARTS) is 1. The van der Waals surface area contributed by atoms with Gasteiger partial charge in [0.1, 0.15) is 29.3 Å². The number of carbonyl (C=O) groups is 4. The molecule has 2 fully saturated rings. The van der Waals surface area contributed by atoms with E-state index in [1.807, 2.05) is 56.0 Å². The van der Waals surface area contributed by atoms with E-state index in [2.05, 4.69) is 9.98 Å². The summed E-state index contributed by atoms with van der Waals surface area (Å²) in [6, 6.07) is 20.0. The van der Waals surface area contributed by atoms with Gasteiger partial charge in [0.05, 0.1) is 12.3 Å². The van der Waals surface area contributed by atoms with Crippen LogP contribution in [0.2, 0.25) is 0 Å². The van der Waals surface area contributed by atoms with Gasteiger partial charge in [0.15, 0.2) is 5.78 Å². The topological polar surface area (TPSA) is 155 Å². The number of hydrogen-bond acceptors (Lipinski definition) is 9. The molecule has 2 saturated heterocycles. The highest BCUT2D eigenvalue weighted by Gasteiger charge is 2.35. The fourth-order valence-electron chi connectivity index (χ4n) is 8.52. The lowest BCUT2D eigenvalue weighted by molar-refractivity contribution is -0.156. The summed E-state index contributed by atoms with van der Waals surface area (Å²) in [5.74, 6) is -2.78. The zero-order chi connectivity index (χ0) is 43.0. The number of pyridine rings is 1. The van der Waals surface area contributed by atoms with Crippen LogP contribution >= 0.6 is 0 Å². The Kier molecular flexibility index (Phi) is 14.3. The highest BCUT2D eigenvalue weighted by molar-refractivity contribution is 6.16. The zero-order valence-corrected chi connectivity index (χ0v) is 34.4. The van der Waals surface area contributed by atoms with Crippen LogP contribution in [0.1, 0.15) is 110 Å². The SMILES string of the molecule is CC(C)(C)OC(=O)C[C@@H]1CCCN(C(C(=O)O)c2ccccc2F)C1.NC(=O)C(c1ccccc1F)N1CCC[C@@H](CC(=O)c2ccc3c(c2)C(c2ccncc2)=NC3)C1. The number of nitrogens with two attached hydrogens (primary N) is 1. The molecule has 11 nitrogen and oxygen atoms in total. The van der Waals surface area contributed by atoms with Gasteiger partial charge in [-0.3, -0.25) is 39.0 Å². The number of primary amides is 1. The molecular formula is C47H53F2N5O6. The average Bonchev–Trinajstić information content (AvgIpc) is 3.63. The van der Waals surface area contributed by atoms with Gasteiger partial charge in [-0.25, -0.2) is 8.78 Å². The first kappa shape index (κ1) is 43.9. The van der Waals surface area contributed by atoms with E-state index in [0.717, 1.165) is 48.1 Å². The van der Waals surface area contributed by atoms with E-state index in [1.165, 1.54) is 18.2 Å². The van der Waals surface area contributed by atoms with Crippen molar-refractivity contribution in [1.29, 1.82) is 0 Å². The Bertz CT molecular complexity index is 2210. The number of hydrogen-bond donors (Lipinski definition) is 2. The standard InChI is InChI=1S/C28H27FN4O2.C19H26FNO4/c29-24-6-2-1-5-22(24)27(28(30)35)33-13-3-4-18(17-33)14-25(34)20-7-8-21-16-32-26(23(21)15-20)19-9-11-31-12-10-19;1-19(2,3)25-16(22)11-13-7-6-10-21(12-13)17(18(23)24)14-8-4-5-9-15(14)20/h1-2,5-12,15,18,27H,3-4,13-14,16-17H2,(H2,30,35);4-5,8-9,13,17H,6-7,10-12H2,1-3H3,(H,23,24)/t18-,27?;13-,17?/m00/s1. The lowest BCUT2D eigenvalue weighted by atomic mass is 9.88. The van der Waals surface area contributed by atoms with Gasteiger partial charge in [-0.05, 0) is 107 Å². The molecule has 0 aliphatic carbocycles. The van der Waals surface area contributed by atoms with Crippen LogP contribution in [0, 0.1) is 23.5 Å². The van der Waals surface area contributed by atoms with E-state index in [-0.39, 0.29) is 41.1 Å². The highest BCUT2D eigenvalue weighted by Crippen LogP contribution is 2.33. The molecule has 3 aliphatic heterocycles. The lowest BCUT2D eigenvalue weighted by Crippen LogP contribution is -2.44. The van der Waals surface area contributed by atoms with E-state index >= 15 is 0 Å². The molecule has 3 aromatic carbocycles. The summed E-state index contributed by atoms with van der Waals surface area (Å²) < 4.78 is 33.9. The van der Waals surface area contributed by atoms with Gasteiger partial charge in [-0.1, -0.05) is 48.5 Å². The quantitative estimate of drug-likeness (QED) is 0.109. The van der Waals surface area contributed by atoms with Crippen LogP contribution in [0.5, 0.6) is 0 Å². The molecule has 0 bridgehead atoms. The molecule has 0 radical (unpaired) electrons. The largest absolute Gasteiger partial charge is 0.480 e. The summed E-state index contributed by atoms with van der Waals surface area (Å²) in [6.45, 7) is 8.20. The summed E-state index contributed by atoms with van der Waals surface area (Å²) in [4.78, 5) is 61.8. The predicted molar refractivity (Wildman–Crippen MR) is 223 cm³/mol. The predicted octanol–water partition coefficient (Wildman–Crippen LogP) is 7.48. The molecule has 60 heavy (non-hydrogen) atoms. The van der Waals surface area contributed by atoms with E-state index in [1.54, 1.807) is 47.6 Å². The number of halogens is 2. The van der Waals surface area contributed by atoms with Crippen molar-refractivity contribution in [1.82, 2.24) is 14.8 Å². The number of carboxylic acids is 1. The molecule has 3 N–H and O–H groups in total. The Balaban J connectivity index is 0.000000214. The maximum Gasteiger partial charge on any atom is 0.325 e. The Morgan fingerprint density at radius 1 is 0.817 bits per heavy atom. The number of aromatic nitrogens is 1. The minimum absolute atomic E-state index is 0.0113. The van der Waals surface area contributed by atoms with Crippen molar-refractivity contribution in [2.45, 2.75) is 83.5 Å². The first-order valence-corrected chi connectivity index (χ1v) is 20.5. The second kappa shape index (κ2) is 19.6. The molecule has 2 unspecified atom stereocenters. The third kappa shape index (κ3) is 11.1. The number of ketones is 1. The third-order valence-electron chi connectivity index (χ3n) is 11.1. The first-order valence-electron chi connectivity index (χ1n) is 20.5. The molecule has 4 atom stereocenters. The Morgan fingerprint density at radius 2 is 1.38 bits per heavy atom. The number of ether oxygens (including phenoxy) is 1. The number of fused-ring (bicyclic) bond motifs is 1. The maximum atomic E-state index is 14.4. The molecule has 0 spiro atoms. The van der Waals surface area contributed by atoms with Crippen LogP contribution in [0.25, 0.3) is 0 Å². The van der Waals surface area contributed by atoms with Gasteiger partial charge < -0.3 is 15.6 Å². The van der Waals surface area contributed by atoms with E-state index in [4.69, 9.17) is 10.5 Å². The summed E-state index contributed by atoms with van der Waals surface area (Å²) in [6.07, 6.45) is 7.38. The molecule has 0 saturated carbocycles. The summed E-state index contributed by atoms with van der Waals surface area (Å²) in [5.41, 5.74) is 10.2. The minimum atomic E-state index is -1.08. The van der Waals surface area contributed by atoms with Crippen molar-refractivity contribution in [3.63, 3.8) is 0 Å². The molecule has 7 rings (SSSR count). The fourth-order valence-corrected chi connectivity index (χ4v) is 8.52. The van der Waals surface area contributed by atoms with Crippen LogP contribution in [-0.2, 0) is 25.7 Å². The number of likely N-dealkylation sites (tertiary alicyclic amines) is 2. The number of nitrogens with zero attached hydrogens (tertiary/aromatic N) is 4. The van der Waals surface area contributed by atoms with E-state index in [0.29, 0.717) is 44.7 Å². The number of Topliss-reactive ketones (excluding diaryl/α,β-unsaturated/α-hetero) is 1. The minimum Gasteiger partial charge on any atom is -0.480 e. The zero-order valence-electron chi connectivity index (χ0n) is 34.4. The smallest absolute Gasteiger partial charge is 0.325 e. The molecule has 316 valence electrons. The highest BCUT2D eigenvalue weighted by atomic mass is 19.1. The normalized spacial score (nSPS) is 19.2. The van der Waals surface area contributed by atoms with E-state index < -0.39 is 41.2 Å². The van der Waals surface area contributed by atoms with Crippen molar-refractivity contribution < 1.29 is 37.8 Å². The number of piperidine rings is 2. The van der Waals surface area contributed by atoms with Gasteiger partial charge in [0.25, 0.3) is 0 Å². The number of benzene rings is 3. The second-order valence-corrected chi connectivity index (χ2v) is 16.8. The van der Waals surface area contributed by atoms with Crippen LogP contribution in [0.3, 0.4) is 0 Å². The number of aliphatic carboxylic acids is 1. The monoisotopic (exact) mass is 821 g/mol. The molecule has 3 aliphatic rings. The molecule has 4 heterocycles. The molecular weight excluding hydrogens is 769 g/mol. The summed E-state index contributed by atoms with van der Waals surface area (Å²) in [5, 5.41) is 9.62. The average molecular weight is 822 g/mol. The van der Waals surface area contributed by atoms with Crippen LogP contribution in [-0.4, -0.2) is 81.0 Å². The van der Waals surface area contributed by atoms with Crippen molar-refractivity contribution in [3.05, 3.63) is 136 Å². The van der Waals surface area contributed by atoms with Crippen LogP contribution in [0.4, 0.5) is 8.78 Å². The van der Waals surface area contributed by atoms with Gasteiger partial charge >= 0.3 is 11.9 Å². The summed E-state index contributed by atoms with van der Waals surface area (Å²) in [7, 11) is 0. The van der Waals surface area contributed by atoms with Crippen molar-refractivity contribution >= 4 is 29.3 Å². The van der Waals surface area contributed by atoms with Gasteiger partial charge in [0, 0.05) is 66.1 Å². The van der Waals surface area contributed by atoms with Crippen molar-refractivity contribution in [2.75, 3.05) is 26.2 Å². The van der Waals surface area contributed by atoms with Crippen molar-refractivity contribution in [3.8, 4) is 0 Å². The summed E-state index contributed by atoms with van der Waals surface area (Å²) >= 11 is 0. The number of carbonyl (C=O) groups excluding carboxylic acids is 3. The molecule has 13 heteroatoms. The molecule has 1 aromatic heterocycles. The maximum absolute atomic E-state index is 14.4. The van der Waals surface area contributed by atoms with Gasteiger partial charge in [-0.2, -0.15) is 0 Å². The van der Waals surface area contributed by atoms with Gasteiger partial charge in [-0.15, -0.1) is 0 Å². The third-order valence-corrected chi connectivity index (χ3v) is 11.1. The second-order valence-electron chi connectivity index (χ2n) is 16.8. The first-order chi connectivity index (χ1) is 28.7. The molecule has 4 aromatic rings. The number of esters is 1.